The first-order valence-corrected chi connectivity index (χ1v) is 9.07. The highest BCUT2D eigenvalue weighted by Crippen LogP contribution is 2.46. The summed E-state index contributed by atoms with van der Waals surface area (Å²) in [5.41, 5.74) is -2.42. The number of carbonyl (C=O) groups is 2. The zero-order valence-corrected chi connectivity index (χ0v) is 16.3. The number of alkyl halides is 7. The Morgan fingerprint density at radius 1 is 1.06 bits per heavy atom. The van der Waals surface area contributed by atoms with Crippen molar-refractivity contribution in [1.29, 1.82) is 0 Å². The van der Waals surface area contributed by atoms with E-state index in [2.05, 4.69) is 15.3 Å². The van der Waals surface area contributed by atoms with Crippen molar-refractivity contribution in [2.24, 2.45) is 0 Å². The van der Waals surface area contributed by atoms with Crippen molar-refractivity contribution in [3.8, 4) is 0 Å². The van der Waals surface area contributed by atoms with Crippen LogP contribution in [0.4, 0.5) is 36.7 Å². The Morgan fingerprint density at radius 3 is 2.12 bits per heavy atom. The number of amides is 2. The Hall–Kier alpha value is -3.25. The summed E-state index contributed by atoms with van der Waals surface area (Å²) in [7, 11) is 1.19. The number of hydrogen-bond acceptors (Lipinski definition) is 4. The molecular formula is C19H15F7N4O2. The van der Waals surface area contributed by atoms with Gasteiger partial charge in [-0.2, -0.15) is 26.3 Å². The van der Waals surface area contributed by atoms with Crippen LogP contribution in [0.15, 0.2) is 30.6 Å². The van der Waals surface area contributed by atoms with Gasteiger partial charge in [-0.25, -0.2) is 14.4 Å². The highest BCUT2D eigenvalue weighted by Gasteiger charge is 2.43. The third kappa shape index (κ3) is 5.32. The van der Waals surface area contributed by atoms with Crippen LogP contribution in [0, 0.1) is 0 Å². The van der Waals surface area contributed by atoms with Gasteiger partial charge in [0.05, 0.1) is 17.7 Å². The molecule has 2 aromatic rings. The lowest BCUT2D eigenvalue weighted by Crippen LogP contribution is -2.35. The van der Waals surface area contributed by atoms with Gasteiger partial charge in [-0.05, 0) is 30.2 Å². The van der Waals surface area contributed by atoms with E-state index in [0.717, 1.165) is 17.0 Å². The quantitative estimate of drug-likeness (QED) is 0.678. The average molecular weight is 464 g/mol. The molecule has 0 radical (unpaired) electrons. The molecule has 1 N–H and O–H groups in total. The van der Waals surface area contributed by atoms with Crippen molar-refractivity contribution in [3.63, 3.8) is 0 Å². The SMILES string of the molecule is CN(CC(=O)Nc1ncc(C(F)(F)F)cn1)C(=O)c1ccc(C(F)(F)F)cc1C1CC1F. The van der Waals surface area contributed by atoms with Gasteiger partial charge in [0.15, 0.2) is 0 Å². The van der Waals surface area contributed by atoms with E-state index in [-0.39, 0.29) is 17.5 Å². The summed E-state index contributed by atoms with van der Waals surface area (Å²) in [4.78, 5) is 32.4. The van der Waals surface area contributed by atoms with Crippen LogP contribution in [0.25, 0.3) is 0 Å². The first-order valence-electron chi connectivity index (χ1n) is 9.07. The van der Waals surface area contributed by atoms with Gasteiger partial charge in [-0.3, -0.25) is 14.9 Å². The maximum Gasteiger partial charge on any atom is 0.419 e. The van der Waals surface area contributed by atoms with Crippen LogP contribution < -0.4 is 5.32 Å². The molecular weight excluding hydrogens is 449 g/mol. The van der Waals surface area contributed by atoms with Crippen molar-refractivity contribution in [2.45, 2.75) is 30.9 Å². The molecule has 32 heavy (non-hydrogen) atoms. The number of benzene rings is 1. The number of carbonyl (C=O) groups excluding carboxylic acids is 2. The van der Waals surface area contributed by atoms with Crippen LogP contribution in [0.2, 0.25) is 0 Å². The van der Waals surface area contributed by atoms with Gasteiger partial charge in [0.1, 0.15) is 6.17 Å². The molecule has 1 aromatic carbocycles. The van der Waals surface area contributed by atoms with Gasteiger partial charge in [0, 0.05) is 30.9 Å². The van der Waals surface area contributed by atoms with Crippen molar-refractivity contribution in [3.05, 3.63) is 52.8 Å². The maximum absolute atomic E-state index is 13.5. The van der Waals surface area contributed by atoms with E-state index in [9.17, 15) is 40.3 Å². The number of likely N-dealkylation sites (N-methyl/N-ethyl adjacent to an activating group) is 1. The van der Waals surface area contributed by atoms with Gasteiger partial charge in [-0.15, -0.1) is 0 Å². The fourth-order valence-electron chi connectivity index (χ4n) is 2.92. The van der Waals surface area contributed by atoms with Gasteiger partial charge in [0.2, 0.25) is 11.9 Å². The Kier molecular flexibility index (Phi) is 6.11. The molecule has 1 saturated carbocycles. The largest absolute Gasteiger partial charge is 0.419 e. The number of rotatable bonds is 5. The standard InChI is InChI=1S/C19H15F7N4O2/c1-30(8-15(31)29-17-27-6-10(7-28-17)19(24,25)26)16(32)11-3-2-9(18(21,22)23)4-12(11)13-5-14(13)20/h2-4,6-7,13-14H,5,8H2,1H3,(H,27,28,29,31). The Balaban J connectivity index is 1.71. The highest BCUT2D eigenvalue weighted by atomic mass is 19.4. The molecule has 0 bridgehead atoms. The molecule has 3 rings (SSSR count). The molecule has 0 saturated heterocycles. The lowest BCUT2D eigenvalue weighted by molar-refractivity contribution is -0.138. The zero-order valence-electron chi connectivity index (χ0n) is 16.3. The van der Waals surface area contributed by atoms with Crippen LogP contribution in [-0.4, -0.2) is 46.4 Å². The first kappa shape index (κ1) is 23.4. The third-order valence-corrected chi connectivity index (χ3v) is 4.68. The molecule has 1 aliphatic rings. The lowest BCUT2D eigenvalue weighted by Gasteiger charge is -2.19. The minimum absolute atomic E-state index is 0.0168. The summed E-state index contributed by atoms with van der Waals surface area (Å²) in [6.45, 7) is -0.604. The number of halogens is 7. The fraction of sp³-hybridized carbons (Fsp3) is 0.368. The number of anilines is 1. The van der Waals surface area contributed by atoms with Crippen LogP contribution in [-0.2, 0) is 17.1 Å². The molecule has 6 nitrogen and oxygen atoms in total. The lowest BCUT2D eigenvalue weighted by atomic mass is 9.98. The second-order valence-corrected chi connectivity index (χ2v) is 7.16. The smallest absolute Gasteiger partial charge is 0.332 e. The summed E-state index contributed by atoms with van der Waals surface area (Å²) < 4.78 is 90.1. The minimum atomic E-state index is -4.68. The second kappa shape index (κ2) is 8.36. The highest BCUT2D eigenvalue weighted by molar-refractivity contribution is 5.99. The summed E-state index contributed by atoms with van der Waals surface area (Å²) in [6.07, 6.45) is -9.78. The maximum atomic E-state index is 13.5. The van der Waals surface area contributed by atoms with Crippen molar-refractivity contribution in [1.82, 2.24) is 14.9 Å². The molecule has 172 valence electrons. The number of nitrogens with one attached hydrogen (secondary N) is 1. The molecule has 0 aliphatic heterocycles. The summed E-state index contributed by atoms with van der Waals surface area (Å²) in [5.74, 6) is -2.96. The van der Waals surface area contributed by atoms with E-state index >= 15 is 0 Å². The van der Waals surface area contributed by atoms with E-state index in [1.54, 1.807) is 0 Å². The predicted molar refractivity (Wildman–Crippen MR) is 96.3 cm³/mol. The Morgan fingerprint density at radius 2 is 1.62 bits per heavy atom. The molecule has 1 aromatic heterocycles. The molecule has 1 fully saturated rings. The molecule has 0 spiro atoms. The minimum Gasteiger partial charge on any atom is -0.332 e. The molecule has 13 heteroatoms. The molecule has 2 atom stereocenters. The number of aromatic nitrogens is 2. The van der Waals surface area contributed by atoms with Gasteiger partial charge < -0.3 is 4.90 Å². The van der Waals surface area contributed by atoms with Crippen LogP contribution in [0.1, 0.15) is 39.4 Å². The van der Waals surface area contributed by atoms with E-state index in [1.807, 2.05) is 0 Å². The predicted octanol–water partition coefficient (Wildman–Crippen LogP) is 4.05. The first-order chi connectivity index (χ1) is 14.8. The van der Waals surface area contributed by atoms with Gasteiger partial charge in [0.25, 0.3) is 5.91 Å². The summed E-state index contributed by atoms with van der Waals surface area (Å²) in [5, 5.41) is 2.11. The molecule has 1 aliphatic carbocycles. The van der Waals surface area contributed by atoms with Crippen LogP contribution in [0.3, 0.4) is 0 Å². The van der Waals surface area contributed by atoms with Crippen LogP contribution in [0.5, 0.6) is 0 Å². The van der Waals surface area contributed by atoms with Gasteiger partial charge >= 0.3 is 12.4 Å². The second-order valence-electron chi connectivity index (χ2n) is 7.16. The zero-order chi connectivity index (χ0) is 23.8. The molecule has 2 unspecified atom stereocenters. The Labute approximate surface area is 176 Å². The third-order valence-electron chi connectivity index (χ3n) is 4.68. The topological polar surface area (TPSA) is 75.2 Å². The number of hydrogen-bond donors (Lipinski definition) is 1. The average Bonchev–Trinajstić information content (AvgIpc) is 3.42. The van der Waals surface area contributed by atoms with E-state index in [0.29, 0.717) is 18.5 Å². The van der Waals surface area contributed by atoms with Gasteiger partial charge in [-0.1, -0.05) is 0 Å². The molecule has 2 amide bonds. The van der Waals surface area contributed by atoms with E-state index in [4.69, 9.17) is 0 Å². The van der Waals surface area contributed by atoms with Crippen molar-refractivity contribution >= 4 is 17.8 Å². The monoisotopic (exact) mass is 464 g/mol. The summed E-state index contributed by atoms with van der Waals surface area (Å²) >= 11 is 0. The Bertz CT molecular complexity index is 1020. The normalized spacial score (nSPS) is 18.2. The van der Waals surface area contributed by atoms with Crippen LogP contribution >= 0.6 is 0 Å². The van der Waals surface area contributed by atoms with E-state index in [1.165, 1.54) is 7.05 Å². The van der Waals surface area contributed by atoms with Crippen molar-refractivity contribution in [2.75, 3.05) is 18.9 Å². The number of nitrogens with zero attached hydrogens (tertiary/aromatic N) is 3. The fourth-order valence-corrected chi connectivity index (χ4v) is 2.92. The summed E-state index contributed by atoms with van der Waals surface area (Å²) in [6, 6.07) is 2.34. The molecule has 1 heterocycles. The van der Waals surface area contributed by atoms with Crippen molar-refractivity contribution < 1.29 is 40.3 Å². The van der Waals surface area contributed by atoms with E-state index < -0.39 is 59.9 Å².